The Balaban J connectivity index is 1.53. The van der Waals surface area contributed by atoms with Crippen molar-refractivity contribution in [2.45, 2.75) is 70.4 Å². The quantitative estimate of drug-likeness (QED) is 0.503. The summed E-state index contributed by atoms with van der Waals surface area (Å²) in [5.41, 5.74) is 0.106. The molecule has 3 aromatic rings. The Morgan fingerprint density at radius 3 is 2.39 bits per heavy atom. The molecule has 2 heterocycles. The molecule has 2 aromatic heterocycles. The van der Waals surface area contributed by atoms with Crippen LogP contribution in [-0.4, -0.2) is 14.5 Å². The zero-order valence-corrected chi connectivity index (χ0v) is 18.7. The first-order valence-corrected chi connectivity index (χ1v) is 11.4. The first-order chi connectivity index (χ1) is 15.7. The minimum atomic E-state index is -2.89. The molecule has 2 bridgehead atoms. The first-order valence-electron chi connectivity index (χ1n) is 11.4. The van der Waals surface area contributed by atoms with Gasteiger partial charge in [-0.1, -0.05) is 25.1 Å². The minimum absolute atomic E-state index is 0.0821. The monoisotopic (exact) mass is 456 g/mol. The smallest absolute Gasteiger partial charge is 0.266 e. The Hall–Kier alpha value is -2.90. The fraction of sp³-hybridized carbons (Fsp3) is 0.480. The summed E-state index contributed by atoms with van der Waals surface area (Å²) in [6.07, 6.45) is 6.48. The van der Waals surface area contributed by atoms with Crippen molar-refractivity contribution in [3.8, 4) is 0 Å². The van der Waals surface area contributed by atoms with Gasteiger partial charge in [0.05, 0.1) is 22.5 Å². The largest absolute Gasteiger partial charge is 0.363 e. The third-order valence-corrected chi connectivity index (χ3v) is 7.88. The number of rotatable bonds is 5. The van der Waals surface area contributed by atoms with Gasteiger partial charge in [-0.15, -0.1) is 0 Å². The van der Waals surface area contributed by atoms with Crippen LogP contribution in [0.25, 0.3) is 10.9 Å². The Morgan fingerprint density at radius 1 is 1.06 bits per heavy atom. The number of benzene rings is 1. The molecule has 0 radical (unpaired) electrons. The Morgan fingerprint density at radius 2 is 1.73 bits per heavy atom. The molecule has 174 valence electrons. The highest BCUT2D eigenvalue weighted by Crippen LogP contribution is 2.55. The molecule has 5 nitrogen and oxygen atoms in total. The molecule has 33 heavy (non-hydrogen) atoms. The summed E-state index contributed by atoms with van der Waals surface area (Å²) >= 11 is 0. The molecule has 6 rings (SSSR count). The third kappa shape index (κ3) is 3.69. The van der Waals surface area contributed by atoms with Crippen molar-refractivity contribution >= 4 is 16.7 Å². The molecule has 8 heteroatoms. The summed E-state index contributed by atoms with van der Waals surface area (Å²) in [4.78, 5) is 21.6. The average molecular weight is 457 g/mol. The van der Waals surface area contributed by atoms with Gasteiger partial charge in [-0.2, -0.15) is 0 Å². The van der Waals surface area contributed by atoms with Crippen molar-refractivity contribution in [3.05, 3.63) is 64.1 Å². The molecule has 0 aliphatic heterocycles. The first kappa shape index (κ1) is 21.9. The SMILES string of the molecule is C[C@@H](Nc1ncnc2cc(=O)n(C34CCC(C)(CC3)CC4)cc12)c1cccc(C(F)F)c1F. The van der Waals surface area contributed by atoms with Crippen LogP contribution in [-0.2, 0) is 5.54 Å². The molecule has 3 aliphatic carbocycles. The number of hydrogen-bond acceptors (Lipinski definition) is 4. The molecule has 3 fully saturated rings. The number of alkyl halides is 2. The van der Waals surface area contributed by atoms with E-state index < -0.39 is 23.8 Å². The maximum absolute atomic E-state index is 14.7. The second-order valence-corrected chi connectivity index (χ2v) is 9.96. The maximum atomic E-state index is 14.7. The number of hydrogen-bond donors (Lipinski definition) is 1. The van der Waals surface area contributed by atoms with Crippen LogP contribution in [0.2, 0.25) is 0 Å². The highest BCUT2D eigenvalue weighted by Gasteiger charge is 2.47. The van der Waals surface area contributed by atoms with Crippen molar-refractivity contribution in [1.82, 2.24) is 14.5 Å². The molecular formula is C25H27F3N4O. The van der Waals surface area contributed by atoms with E-state index in [2.05, 4.69) is 22.2 Å². The molecule has 1 N–H and O–H groups in total. The Bertz CT molecular complexity index is 1250. The third-order valence-electron chi connectivity index (χ3n) is 7.88. The summed E-state index contributed by atoms with van der Waals surface area (Å²) in [6.45, 7) is 4.03. The molecule has 0 saturated heterocycles. The zero-order valence-electron chi connectivity index (χ0n) is 18.7. The van der Waals surface area contributed by atoms with Gasteiger partial charge in [0.1, 0.15) is 18.0 Å². The van der Waals surface area contributed by atoms with Crippen LogP contribution in [0.4, 0.5) is 19.0 Å². The summed E-state index contributed by atoms with van der Waals surface area (Å²) in [7, 11) is 0. The maximum Gasteiger partial charge on any atom is 0.266 e. The van der Waals surface area contributed by atoms with Crippen molar-refractivity contribution in [2.24, 2.45) is 5.41 Å². The van der Waals surface area contributed by atoms with E-state index in [9.17, 15) is 18.0 Å². The van der Waals surface area contributed by atoms with Crippen molar-refractivity contribution in [2.75, 3.05) is 5.32 Å². The molecule has 3 saturated carbocycles. The number of pyridine rings is 1. The normalized spacial score (nSPS) is 25.5. The second-order valence-electron chi connectivity index (χ2n) is 9.96. The topological polar surface area (TPSA) is 59.8 Å². The van der Waals surface area contributed by atoms with Crippen LogP contribution in [0.5, 0.6) is 0 Å². The van der Waals surface area contributed by atoms with Crippen LogP contribution in [0, 0.1) is 11.2 Å². The number of nitrogens with one attached hydrogen (secondary N) is 1. The number of nitrogens with zero attached hydrogens (tertiary/aromatic N) is 3. The van der Waals surface area contributed by atoms with Crippen LogP contribution in [0.1, 0.15) is 76.0 Å². The van der Waals surface area contributed by atoms with Gasteiger partial charge in [-0.3, -0.25) is 4.79 Å². The summed E-state index contributed by atoms with van der Waals surface area (Å²) < 4.78 is 42.8. The average Bonchev–Trinajstić information content (AvgIpc) is 2.79. The van der Waals surface area contributed by atoms with E-state index in [4.69, 9.17) is 0 Å². The van der Waals surface area contributed by atoms with Gasteiger partial charge >= 0.3 is 0 Å². The van der Waals surface area contributed by atoms with Crippen molar-refractivity contribution in [3.63, 3.8) is 0 Å². The van der Waals surface area contributed by atoms with Gasteiger partial charge in [0, 0.05) is 23.4 Å². The summed E-state index contributed by atoms with van der Waals surface area (Å²) in [6, 6.07) is 4.91. The van der Waals surface area contributed by atoms with Gasteiger partial charge < -0.3 is 9.88 Å². The van der Waals surface area contributed by atoms with E-state index in [1.807, 2.05) is 10.8 Å². The number of anilines is 1. The minimum Gasteiger partial charge on any atom is -0.363 e. The van der Waals surface area contributed by atoms with Crippen LogP contribution < -0.4 is 10.9 Å². The lowest BCUT2D eigenvalue weighted by Gasteiger charge is -2.52. The van der Waals surface area contributed by atoms with E-state index in [0.29, 0.717) is 22.1 Å². The van der Waals surface area contributed by atoms with E-state index >= 15 is 0 Å². The van der Waals surface area contributed by atoms with Gasteiger partial charge in [0.25, 0.3) is 12.0 Å². The Kier molecular flexibility index (Phi) is 5.21. The van der Waals surface area contributed by atoms with Crippen LogP contribution >= 0.6 is 0 Å². The van der Waals surface area contributed by atoms with Gasteiger partial charge in [-0.25, -0.2) is 23.1 Å². The van der Waals surface area contributed by atoms with Gasteiger partial charge in [0.2, 0.25) is 0 Å². The van der Waals surface area contributed by atoms with Crippen molar-refractivity contribution in [1.29, 1.82) is 0 Å². The van der Waals surface area contributed by atoms with E-state index in [0.717, 1.165) is 44.6 Å². The Labute approximate surface area is 190 Å². The van der Waals surface area contributed by atoms with E-state index in [1.54, 1.807) is 6.92 Å². The molecule has 1 atom stereocenters. The molecule has 3 aliphatic rings. The summed E-state index contributed by atoms with van der Waals surface area (Å²) in [5.74, 6) is -0.481. The predicted octanol–water partition coefficient (Wildman–Crippen LogP) is 6.11. The second kappa shape index (κ2) is 7.85. The number of halogens is 3. The van der Waals surface area contributed by atoms with Crippen molar-refractivity contribution < 1.29 is 13.2 Å². The highest BCUT2D eigenvalue weighted by atomic mass is 19.3. The molecular weight excluding hydrogens is 429 g/mol. The zero-order chi connectivity index (χ0) is 23.4. The number of aromatic nitrogens is 3. The predicted molar refractivity (Wildman–Crippen MR) is 121 cm³/mol. The van der Waals surface area contributed by atoms with Crippen LogP contribution in [0.15, 0.2) is 41.6 Å². The standard InChI is InChI=1S/C25H27F3N4O/c1-15(16-4-3-5-17(21(16)26)22(27)28)31-23-18-13-32(20(33)12-19(18)29-14-30-23)25-9-6-24(2,7-10-25)8-11-25/h3-5,12-15,22H,6-11H2,1-2H3,(H,29,30,31)/t15-,24?,25?/m1/s1. The fourth-order valence-electron chi connectivity index (χ4n) is 5.59. The van der Waals surface area contributed by atoms with Crippen LogP contribution in [0.3, 0.4) is 0 Å². The highest BCUT2D eigenvalue weighted by molar-refractivity contribution is 5.88. The van der Waals surface area contributed by atoms with Gasteiger partial charge in [0.15, 0.2) is 0 Å². The lowest BCUT2D eigenvalue weighted by molar-refractivity contribution is 0.0103. The van der Waals surface area contributed by atoms with E-state index in [-0.39, 0.29) is 16.7 Å². The fourth-order valence-corrected chi connectivity index (χ4v) is 5.59. The van der Waals surface area contributed by atoms with Gasteiger partial charge in [-0.05, 0) is 50.9 Å². The molecule has 1 aromatic carbocycles. The molecule has 0 unspecified atom stereocenters. The number of fused-ring (bicyclic) bond motifs is 4. The van der Waals surface area contributed by atoms with E-state index in [1.165, 1.54) is 24.5 Å². The molecule has 0 amide bonds. The lowest BCUT2D eigenvalue weighted by atomic mass is 9.58. The summed E-state index contributed by atoms with van der Waals surface area (Å²) in [5, 5.41) is 3.81. The lowest BCUT2D eigenvalue weighted by Crippen LogP contribution is -2.50. The molecule has 0 spiro atoms.